The molecule has 24 heavy (non-hydrogen) atoms. The summed E-state index contributed by atoms with van der Waals surface area (Å²) >= 11 is 8.84. The van der Waals surface area contributed by atoms with Gasteiger partial charge in [0.05, 0.1) is 0 Å². The van der Waals surface area contributed by atoms with Gasteiger partial charge in [0.1, 0.15) is 0 Å². The molecule has 0 saturated heterocycles. The van der Waals surface area contributed by atoms with E-state index in [-0.39, 0.29) is 12.0 Å². The van der Waals surface area contributed by atoms with Crippen molar-refractivity contribution < 1.29 is 9.53 Å². The molecule has 7 heteroatoms. The average molecular weight is 418 g/mol. The Kier molecular flexibility index (Phi) is 8.07. The molecule has 0 aliphatic rings. The molecule has 0 aliphatic heterocycles. The molecular weight excluding hydrogens is 393 g/mol. The van der Waals surface area contributed by atoms with Crippen LogP contribution < -0.4 is 10.6 Å². The van der Waals surface area contributed by atoms with Crippen LogP contribution in [0.3, 0.4) is 0 Å². The monoisotopic (exact) mass is 418 g/mol. The Bertz CT molecular complexity index is 585. The zero-order valence-corrected chi connectivity index (χ0v) is 17.2. The number of ether oxygens (including phenoxy) is 1. The van der Waals surface area contributed by atoms with Gasteiger partial charge in [0.15, 0.2) is 0 Å². The van der Waals surface area contributed by atoms with E-state index in [4.69, 9.17) is 16.3 Å². The van der Waals surface area contributed by atoms with Crippen molar-refractivity contribution in [2.24, 2.45) is 10.9 Å². The predicted molar refractivity (Wildman–Crippen MR) is 101 cm³/mol. The van der Waals surface area contributed by atoms with E-state index in [9.17, 15) is 4.79 Å². The van der Waals surface area contributed by atoms with Gasteiger partial charge in [-0.25, -0.2) is 0 Å². The van der Waals surface area contributed by atoms with Crippen molar-refractivity contribution in [1.29, 1.82) is 0 Å². The number of amides is 1. The molecule has 2 N–H and O–H groups in total. The van der Waals surface area contributed by atoms with Crippen molar-refractivity contribution in [1.82, 2.24) is 5.32 Å². The molecule has 1 rings (SSSR count). The first-order valence-electron chi connectivity index (χ1n) is 7.80. The number of anilines is 1. The first kappa shape index (κ1) is 20.8. The number of hydrogen-bond donors (Lipinski definition) is 2. The molecule has 0 fully saturated rings. The zero-order chi connectivity index (χ0) is 18.3. The van der Waals surface area contributed by atoms with Crippen molar-refractivity contribution in [3.63, 3.8) is 0 Å². The van der Waals surface area contributed by atoms with Gasteiger partial charge in [0, 0.05) is 0 Å². The van der Waals surface area contributed by atoms with Crippen LogP contribution in [0, 0.1) is 5.92 Å². The number of carbonyl (C=O) groups excluding carboxylic acids is 1. The van der Waals surface area contributed by atoms with Crippen molar-refractivity contribution in [2.45, 2.75) is 46.3 Å². The summed E-state index contributed by atoms with van der Waals surface area (Å²) in [4.78, 5) is 16.4. The van der Waals surface area contributed by atoms with Crippen molar-refractivity contribution in [3.05, 3.63) is 29.3 Å². The molecule has 0 aromatic heterocycles. The Morgan fingerprint density at radius 3 is 2.58 bits per heavy atom. The SMILES string of the molecule is CC(C)[C@@H](CN=C([Se])Nc1cccc(Cl)c1)NC(=O)OC(C)(C)C. The first-order chi connectivity index (χ1) is 11.1. The average Bonchev–Trinajstić information content (AvgIpc) is 2.41. The minimum atomic E-state index is -0.521. The van der Waals surface area contributed by atoms with Gasteiger partial charge in [0.25, 0.3) is 0 Å². The van der Waals surface area contributed by atoms with Crippen LogP contribution in [-0.4, -0.2) is 45.0 Å². The van der Waals surface area contributed by atoms with Gasteiger partial charge in [-0.15, -0.1) is 0 Å². The van der Waals surface area contributed by atoms with E-state index in [1.807, 2.05) is 58.9 Å². The number of amidine groups is 1. The Hall–Kier alpha value is -1.23. The van der Waals surface area contributed by atoms with Gasteiger partial charge in [-0.1, -0.05) is 0 Å². The Morgan fingerprint density at radius 2 is 2.04 bits per heavy atom. The number of nitrogens with one attached hydrogen (secondary N) is 2. The van der Waals surface area contributed by atoms with Gasteiger partial charge in [-0.05, 0) is 0 Å². The third kappa shape index (κ3) is 8.57. The van der Waals surface area contributed by atoms with Crippen LogP contribution >= 0.6 is 11.6 Å². The summed E-state index contributed by atoms with van der Waals surface area (Å²) in [6, 6.07) is 7.26. The quantitative estimate of drug-likeness (QED) is 0.435. The molecule has 1 aromatic carbocycles. The van der Waals surface area contributed by atoms with E-state index < -0.39 is 11.7 Å². The van der Waals surface area contributed by atoms with Crippen LogP contribution in [0.15, 0.2) is 29.3 Å². The maximum atomic E-state index is 11.9. The molecule has 5 nitrogen and oxygen atoms in total. The third-order valence-electron chi connectivity index (χ3n) is 3.01. The summed E-state index contributed by atoms with van der Waals surface area (Å²) in [6.07, 6.45) is -0.430. The number of alkyl carbamates (subject to hydrolysis) is 1. The number of benzene rings is 1. The standard InChI is InChI=1S/C17H25ClN3O2Se/c1-11(2)14(21-16(22)23-17(3,4)5)10-19-15(24)20-13-8-6-7-12(18)9-13/h6-9,11,14H,10H2,1-5H3,(H,19,20)(H,21,22)/t14-/m1/s1. The van der Waals surface area contributed by atoms with E-state index in [0.29, 0.717) is 16.3 Å². The number of rotatable bonds is 5. The fraction of sp³-hybridized carbons (Fsp3) is 0.529. The van der Waals surface area contributed by atoms with Gasteiger partial charge in [-0.3, -0.25) is 0 Å². The summed E-state index contributed by atoms with van der Waals surface area (Å²) in [7, 11) is 0. The normalized spacial score (nSPS) is 13.5. The molecule has 1 atom stereocenters. The second-order valence-corrected chi connectivity index (χ2v) is 8.03. The second-order valence-electron chi connectivity index (χ2n) is 6.78. The predicted octanol–water partition coefficient (Wildman–Crippen LogP) is 3.83. The molecule has 0 unspecified atom stereocenters. The van der Waals surface area contributed by atoms with Crippen molar-refractivity contribution in [2.75, 3.05) is 11.9 Å². The fourth-order valence-corrected chi connectivity index (χ4v) is 2.39. The van der Waals surface area contributed by atoms with Crippen LogP contribution in [0.1, 0.15) is 34.6 Å². The topological polar surface area (TPSA) is 62.7 Å². The molecule has 133 valence electrons. The molecule has 1 aromatic rings. The van der Waals surface area contributed by atoms with Gasteiger partial charge in [-0.2, -0.15) is 0 Å². The van der Waals surface area contributed by atoms with E-state index in [0.717, 1.165) is 5.69 Å². The number of halogens is 1. The van der Waals surface area contributed by atoms with Crippen LogP contribution in [0.2, 0.25) is 5.02 Å². The van der Waals surface area contributed by atoms with Crippen LogP contribution in [0.25, 0.3) is 0 Å². The number of carbonyl (C=O) groups is 1. The fourth-order valence-electron chi connectivity index (χ4n) is 1.79. The second kappa shape index (κ2) is 9.30. The van der Waals surface area contributed by atoms with Crippen molar-refractivity contribution >= 4 is 44.1 Å². The number of hydrogen-bond acceptors (Lipinski definition) is 3. The van der Waals surface area contributed by atoms with E-state index >= 15 is 0 Å². The molecule has 1 radical (unpaired) electrons. The van der Waals surface area contributed by atoms with E-state index in [1.165, 1.54) is 0 Å². The van der Waals surface area contributed by atoms with Gasteiger partial charge >= 0.3 is 157 Å². The van der Waals surface area contributed by atoms with E-state index in [1.54, 1.807) is 0 Å². The molecular formula is C17H25ClN3O2Se. The van der Waals surface area contributed by atoms with Crippen LogP contribution in [0.5, 0.6) is 0 Å². The van der Waals surface area contributed by atoms with Crippen LogP contribution in [-0.2, 0) is 4.74 Å². The molecule has 0 spiro atoms. The molecule has 0 bridgehead atoms. The molecule has 1 amide bonds. The summed E-state index contributed by atoms with van der Waals surface area (Å²) in [5, 5.41) is 6.66. The first-order valence-corrected chi connectivity index (χ1v) is 9.04. The molecule has 0 aliphatic carbocycles. The summed E-state index contributed by atoms with van der Waals surface area (Å²) < 4.78 is 5.93. The Balaban J connectivity index is 2.63. The molecule has 0 heterocycles. The zero-order valence-electron chi connectivity index (χ0n) is 14.7. The number of nitrogens with zero attached hydrogens (tertiary/aromatic N) is 1. The maximum absolute atomic E-state index is 11.9. The summed E-state index contributed by atoms with van der Waals surface area (Å²) in [5.74, 6) is 0.222. The van der Waals surface area contributed by atoms with E-state index in [2.05, 4.69) is 31.6 Å². The summed E-state index contributed by atoms with van der Waals surface area (Å²) in [5.41, 5.74) is 0.327. The van der Waals surface area contributed by atoms with Crippen molar-refractivity contribution in [3.8, 4) is 0 Å². The Labute approximate surface area is 157 Å². The third-order valence-corrected chi connectivity index (χ3v) is 3.73. The van der Waals surface area contributed by atoms with Crippen LogP contribution in [0.4, 0.5) is 10.5 Å². The minimum absolute atomic E-state index is 0.121. The van der Waals surface area contributed by atoms with Gasteiger partial charge in [0.2, 0.25) is 0 Å². The summed E-state index contributed by atoms with van der Waals surface area (Å²) in [6.45, 7) is 10.0. The molecule has 0 saturated carbocycles. The number of aliphatic imine (C=N–C) groups is 1. The Morgan fingerprint density at radius 1 is 1.38 bits per heavy atom. The van der Waals surface area contributed by atoms with Gasteiger partial charge < -0.3 is 0 Å².